The average molecular weight is 401 g/mol. The van der Waals surface area contributed by atoms with E-state index in [1.54, 1.807) is 18.2 Å². The van der Waals surface area contributed by atoms with Crippen molar-refractivity contribution in [1.29, 1.82) is 0 Å². The molecule has 0 bridgehead atoms. The van der Waals surface area contributed by atoms with E-state index in [1.165, 1.54) is 30.7 Å². The monoisotopic (exact) mass is 400 g/mol. The fourth-order valence-electron chi connectivity index (χ4n) is 2.55. The van der Waals surface area contributed by atoms with Crippen LogP contribution in [-0.4, -0.2) is 26.0 Å². The summed E-state index contributed by atoms with van der Waals surface area (Å²) in [5.74, 6) is -0.363. The molecule has 0 spiro atoms. The molecule has 0 fully saturated rings. The molecule has 0 saturated carbocycles. The number of aromatic nitrogens is 3. The van der Waals surface area contributed by atoms with Gasteiger partial charge in [-0.25, -0.2) is 9.37 Å². The van der Waals surface area contributed by atoms with Crippen molar-refractivity contribution in [3.63, 3.8) is 0 Å². The lowest BCUT2D eigenvalue weighted by atomic mass is 10.2. The number of nitrogens with zero attached hydrogens (tertiary/aromatic N) is 3. The minimum Gasteiger partial charge on any atom is -0.507 e. The molecule has 0 aliphatic carbocycles. The van der Waals surface area contributed by atoms with E-state index in [-0.39, 0.29) is 11.3 Å². The van der Waals surface area contributed by atoms with Crippen LogP contribution in [-0.2, 0) is 0 Å². The molecule has 0 aliphatic rings. The zero-order chi connectivity index (χ0) is 17.6. The van der Waals surface area contributed by atoms with Gasteiger partial charge in [-0.2, -0.15) is 9.78 Å². The van der Waals surface area contributed by atoms with Crippen LogP contribution in [0.5, 0.6) is 5.75 Å². The van der Waals surface area contributed by atoms with Crippen molar-refractivity contribution in [1.82, 2.24) is 14.6 Å². The van der Waals surface area contributed by atoms with E-state index in [1.807, 2.05) is 0 Å². The third kappa shape index (κ3) is 2.70. The van der Waals surface area contributed by atoms with Gasteiger partial charge in [0.15, 0.2) is 0 Å². The molecule has 124 valence electrons. The van der Waals surface area contributed by atoms with Crippen LogP contribution < -0.4 is 5.56 Å². The number of hydrogen-bond donors (Lipinski definition) is 2. The molecule has 0 aliphatic heterocycles. The highest BCUT2D eigenvalue weighted by molar-refractivity contribution is 9.10. The summed E-state index contributed by atoms with van der Waals surface area (Å²) in [5.41, 5.74) is 1.26. The molecule has 4 aromatic rings. The molecular formula is C17H10BrFN4O2. The van der Waals surface area contributed by atoms with Crippen molar-refractivity contribution in [2.75, 3.05) is 0 Å². The molecule has 0 atom stereocenters. The number of phenols is 1. The summed E-state index contributed by atoms with van der Waals surface area (Å²) in [6, 6.07) is 9.07. The maximum atomic E-state index is 13.4. The van der Waals surface area contributed by atoms with E-state index in [9.17, 15) is 14.3 Å². The lowest BCUT2D eigenvalue weighted by Gasteiger charge is -2.00. The number of H-pyrrole nitrogens is 1. The predicted molar refractivity (Wildman–Crippen MR) is 96.6 cm³/mol. The fraction of sp³-hybridized carbons (Fsp3) is 0. The molecule has 6 nitrogen and oxygen atoms in total. The third-order valence-corrected chi connectivity index (χ3v) is 4.26. The van der Waals surface area contributed by atoms with Crippen LogP contribution in [0.4, 0.5) is 4.39 Å². The zero-order valence-corrected chi connectivity index (χ0v) is 14.2. The van der Waals surface area contributed by atoms with Crippen LogP contribution in [0.3, 0.4) is 0 Å². The second-order valence-corrected chi connectivity index (χ2v) is 6.30. The molecule has 0 amide bonds. The van der Waals surface area contributed by atoms with Gasteiger partial charge in [0.05, 0.1) is 6.21 Å². The molecule has 0 saturated heterocycles. The van der Waals surface area contributed by atoms with Crippen LogP contribution in [0, 0.1) is 5.82 Å². The van der Waals surface area contributed by atoms with E-state index in [2.05, 4.69) is 31.0 Å². The van der Waals surface area contributed by atoms with E-state index < -0.39 is 11.4 Å². The second-order valence-electron chi connectivity index (χ2n) is 5.38. The van der Waals surface area contributed by atoms with Crippen molar-refractivity contribution in [3.8, 4) is 5.75 Å². The predicted octanol–water partition coefficient (Wildman–Crippen LogP) is 3.37. The summed E-state index contributed by atoms with van der Waals surface area (Å²) in [4.78, 5) is 19.7. The molecule has 2 N–H and O–H groups in total. The average Bonchev–Trinajstić information content (AvgIpc) is 2.96. The van der Waals surface area contributed by atoms with Gasteiger partial charge >= 0.3 is 0 Å². The van der Waals surface area contributed by atoms with E-state index in [0.717, 1.165) is 9.15 Å². The number of nitrogens with one attached hydrogen (secondary N) is 1. The standard InChI is InChI=1S/C17H10BrFN4O2/c18-10-1-4-14(24)9(5-10)7-21-23-8-20-15-12-6-11(19)2-3-13(12)22-16(15)17(23)25/h1-8,22,24H/b21-7-. The SMILES string of the molecule is O=c1c2[nH]c3ccc(F)cc3c2ncn1/N=C\c1cc(Br)ccc1O. The summed E-state index contributed by atoms with van der Waals surface area (Å²) in [6.45, 7) is 0. The van der Waals surface area contributed by atoms with Gasteiger partial charge < -0.3 is 10.1 Å². The summed E-state index contributed by atoms with van der Waals surface area (Å²) in [6.07, 6.45) is 2.62. The number of phenolic OH excluding ortho intramolecular Hbond substituents is 1. The fourth-order valence-corrected chi connectivity index (χ4v) is 2.93. The molecule has 25 heavy (non-hydrogen) atoms. The lowest BCUT2D eigenvalue weighted by molar-refractivity contribution is 0.474. The van der Waals surface area contributed by atoms with Crippen molar-refractivity contribution >= 4 is 44.1 Å². The maximum absolute atomic E-state index is 13.4. The van der Waals surface area contributed by atoms with Crippen LogP contribution in [0.1, 0.15) is 5.56 Å². The number of benzene rings is 2. The van der Waals surface area contributed by atoms with Gasteiger partial charge in [0.2, 0.25) is 0 Å². The summed E-state index contributed by atoms with van der Waals surface area (Å²) in [5, 5.41) is 14.4. The van der Waals surface area contributed by atoms with Gasteiger partial charge in [-0.05, 0) is 36.4 Å². The quantitative estimate of drug-likeness (QED) is 0.506. The Bertz CT molecular complexity index is 1210. The first-order valence-corrected chi connectivity index (χ1v) is 8.04. The van der Waals surface area contributed by atoms with Crippen LogP contribution in [0.2, 0.25) is 0 Å². The van der Waals surface area contributed by atoms with Gasteiger partial charge in [0.25, 0.3) is 5.56 Å². The number of hydrogen-bond acceptors (Lipinski definition) is 4. The van der Waals surface area contributed by atoms with Gasteiger partial charge in [0.1, 0.15) is 28.9 Å². The normalized spacial score (nSPS) is 11.8. The van der Waals surface area contributed by atoms with Crippen molar-refractivity contribution < 1.29 is 9.50 Å². The Labute approximate surface area is 148 Å². The van der Waals surface area contributed by atoms with Crippen molar-refractivity contribution in [2.24, 2.45) is 5.10 Å². The maximum Gasteiger partial charge on any atom is 0.298 e. The minimum absolute atomic E-state index is 0.0372. The van der Waals surface area contributed by atoms with E-state index >= 15 is 0 Å². The van der Waals surface area contributed by atoms with Crippen molar-refractivity contribution in [2.45, 2.75) is 0 Å². The van der Waals surface area contributed by atoms with Gasteiger partial charge in [0, 0.05) is 20.9 Å². The first-order valence-electron chi connectivity index (χ1n) is 7.24. The summed E-state index contributed by atoms with van der Waals surface area (Å²) < 4.78 is 15.2. The molecule has 0 radical (unpaired) electrons. The van der Waals surface area contributed by atoms with Crippen LogP contribution >= 0.6 is 15.9 Å². The highest BCUT2D eigenvalue weighted by Crippen LogP contribution is 2.22. The highest BCUT2D eigenvalue weighted by atomic mass is 79.9. The Morgan fingerprint density at radius 1 is 1.28 bits per heavy atom. The van der Waals surface area contributed by atoms with Crippen LogP contribution in [0.15, 0.2) is 57.1 Å². The molecule has 8 heteroatoms. The minimum atomic E-state index is -0.424. The topological polar surface area (TPSA) is 83.3 Å². The highest BCUT2D eigenvalue weighted by Gasteiger charge is 2.11. The van der Waals surface area contributed by atoms with Crippen LogP contribution in [0.25, 0.3) is 21.9 Å². The molecule has 2 aromatic heterocycles. The molecule has 4 rings (SSSR count). The number of rotatable bonds is 2. The Morgan fingerprint density at radius 2 is 2.12 bits per heavy atom. The first-order chi connectivity index (χ1) is 12.0. The Morgan fingerprint density at radius 3 is 2.96 bits per heavy atom. The summed E-state index contributed by atoms with van der Waals surface area (Å²) >= 11 is 3.31. The zero-order valence-electron chi connectivity index (χ0n) is 12.6. The van der Waals surface area contributed by atoms with Crippen molar-refractivity contribution in [3.05, 3.63) is 68.9 Å². The van der Waals surface area contributed by atoms with Gasteiger partial charge in [-0.15, -0.1) is 0 Å². The Balaban J connectivity index is 1.84. The Kier molecular flexibility index (Phi) is 3.61. The smallest absolute Gasteiger partial charge is 0.298 e. The molecule has 2 aromatic carbocycles. The number of fused-ring (bicyclic) bond motifs is 3. The molecular weight excluding hydrogens is 391 g/mol. The van der Waals surface area contributed by atoms with E-state index in [4.69, 9.17) is 0 Å². The Hall–Kier alpha value is -3.00. The van der Waals surface area contributed by atoms with Gasteiger partial charge in [-0.1, -0.05) is 15.9 Å². The summed E-state index contributed by atoms with van der Waals surface area (Å²) in [7, 11) is 0. The molecule has 2 heterocycles. The number of aromatic amines is 1. The van der Waals surface area contributed by atoms with E-state index in [0.29, 0.717) is 22.0 Å². The van der Waals surface area contributed by atoms with Gasteiger partial charge in [-0.3, -0.25) is 4.79 Å². The number of halogens is 2. The molecule has 0 unspecified atom stereocenters. The lowest BCUT2D eigenvalue weighted by Crippen LogP contribution is -2.17. The largest absolute Gasteiger partial charge is 0.507 e. The first kappa shape index (κ1) is 15.5. The third-order valence-electron chi connectivity index (χ3n) is 3.76. The second kappa shape index (κ2) is 5.82. The number of aromatic hydroxyl groups is 1.